The Labute approximate surface area is 235 Å². The largest absolute Gasteiger partial charge is 0.494 e. The Morgan fingerprint density at radius 3 is 2.25 bits per heavy atom. The van der Waals surface area contributed by atoms with Crippen LogP contribution >= 0.6 is 0 Å². The summed E-state index contributed by atoms with van der Waals surface area (Å²) in [5.41, 5.74) is 2.32. The Kier molecular flexibility index (Phi) is 10.7. The molecule has 0 bridgehead atoms. The zero-order valence-corrected chi connectivity index (χ0v) is 24.0. The standard InChI is InChI=1S/C32H41N3O5/c1-4-7-11-27-29(26-17-14-24(22-28(26)39-27)31-33-34-32(37)40-31)30(36)23-12-15-25(16-13-23)38-21-10-20-35(18-8-5-2)19-9-6-3/h12-17,22H,4-11,18-21H2,1-3H3,(H,34,37). The van der Waals surface area contributed by atoms with E-state index in [9.17, 15) is 9.59 Å². The zero-order valence-electron chi connectivity index (χ0n) is 24.0. The van der Waals surface area contributed by atoms with Crippen LogP contribution in [0.15, 0.2) is 56.1 Å². The first kappa shape index (κ1) is 29.3. The first-order valence-electron chi connectivity index (χ1n) is 14.6. The van der Waals surface area contributed by atoms with Crippen LogP contribution in [-0.4, -0.2) is 47.1 Å². The molecule has 8 nitrogen and oxygen atoms in total. The van der Waals surface area contributed by atoms with Crippen LogP contribution in [-0.2, 0) is 6.42 Å². The van der Waals surface area contributed by atoms with E-state index < -0.39 is 5.76 Å². The molecule has 2 heterocycles. The highest BCUT2D eigenvalue weighted by atomic mass is 16.5. The molecule has 2 aromatic carbocycles. The average molecular weight is 548 g/mol. The third-order valence-electron chi connectivity index (χ3n) is 7.09. The first-order chi connectivity index (χ1) is 19.5. The highest BCUT2D eigenvalue weighted by Crippen LogP contribution is 2.32. The van der Waals surface area contributed by atoms with Crippen molar-refractivity contribution < 1.29 is 18.4 Å². The number of H-pyrrole nitrogens is 1. The van der Waals surface area contributed by atoms with Crippen molar-refractivity contribution in [1.82, 2.24) is 15.1 Å². The molecule has 0 radical (unpaired) electrons. The number of carbonyl (C=O) groups excluding carboxylic acids is 1. The molecule has 40 heavy (non-hydrogen) atoms. The minimum Gasteiger partial charge on any atom is -0.494 e. The number of ketones is 1. The maximum Gasteiger partial charge on any atom is 0.434 e. The average Bonchev–Trinajstić information content (AvgIpc) is 3.57. The van der Waals surface area contributed by atoms with Crippen molar-refractivity contribution >= 4 is 16.8 Å². The number of rotatable bonds is 17. The number of fused-ring (bicyclic) bond motifs is 1. The van der Waals surface area contributed by atoms with E-state index in [2.05, 4.69) is 35.9 Å². The summed E-state index contributed by atoms with van der Waals surface area (Å²) >= 11 is 0. The smallest absolute Gasteiger partial charge is 0.434 e. The topological polar surface area (TPSA) is 102 Å². The minimum absolute atomic E-state index is 0.0852. The fraction of sp³-hybridized carbons (Fsp3) is 0.469. The molecule has 0 fully saturated rings. The van der Waals surface area contributed by atoms with Gasteiger partial charge in [-0.15, -0.1) is 5.10 Å². The van der Waals surface area contributed by atoms with Crippen molar-refractivity contribution in [3.05, 3.63) is 69.9 Å². The van der Waals surface area contributed by atoms with E-state index in [0.717, 1.165) is 50.0 Å². The number of aromatic nitrogens is 2. The molecule has 1 N–H and O–H groups in total. The lowest BCUT2D eigenvalue weighted by Crippen LogP contribution is -2.28. The van der Waals surface area contributed by atoms with Crippen LogP contribution in [0.3, 0.4) is 0 Å². The van der Waals surface area contributed by atoms with E-state index in [4.69, 9.17) is 13.6 Å². The van der Waals surface area contributed by atoms with Gasteiger partial charge in [-0.1, -0.05) is 40.0 Å². The van der Waals surface area contributed by atoms with Crippen LogP contribution < -0.4 is 10.5 Å². The van der Waals surface area contributed by atoms with Gasteiger partial charge in [-0.05, 0) is 81.2 Å². The number of aryl methyl sites for hydroxylation is 1. The van der Waals surface area contributed by atoms with E-state index in [-0.39, 0.29) is 11.7 Å². The molecule has 4 aromatic rings. The van der Waals surface area contributed by atoms with Gasteiger partial charge in [-0.3, -0.25) is 4.79 Å². The van der Waals surface area contributed by atoms with Crippen molar-refractivity contribution in [2.24, 2.45) is 0 Å². The number of furan rings is 1. The number of nitrogens with zero attached hydrogens (tertiary/aromatic N) is 2. The molecular weight excluding hydrogens is 506 g/mol. The van der Waals surface area contributed by atoms with Crippen molar-refractivity contribution in [3.63, 3.8) is 0 Å². The highest BCUT2D eigenvalue weighted by molar-refractivity contribution is 6.17. The quantitative estimate of drug-likeness (QED) is 0.112. The van der Waals surface area contributed by atoms with Crippen LogP contribution in [0.1, 0.15) is 87.4 Å². The van der Waals surface area contributed by atoms with Gasteiger partial charge in [0, 0.05) is 29.5 Å². The van der Waals surface area contributed by atoms with Crippen LogP contribution in [0.5, 0.6) is 5.75 Å². The number of nitrogens with one attached hydrogen (secondary N) is 1. The van der Waals surface area contributed by atoms with Gasteiger partial charge in [0.15, 0.2) is 5.78 Å². The molecule has 0 spiro atoms. The maximum absolute atomic E-state index is 13.7. The van der Waals surface area contributed by atoms with E-state index in [0.29, 0.717) is 41.1 Å². The fourth-order valence-corrected chi connectivity index (χ4v) is 4.82. The summed E-state index contributed by atoms with van der Waals surface area (Å²) in [5.74, 6) is 0.897. The monoisotopic (exact) mass is 547 g/mol. The fourth-order valence-electron chi connectivity index (χ4n) is 4.82. The predicted octanol–water partition coefficient (Wildman–Crippen LogP) is 7.02. The summed E-state index contributed by atoms with van der Waals surface area (Å²) in [5, 5.41) is 6.89. The molecule has 0 aliphatic rings. The zero-order chi connectivity index (χ0) is 28.3. The van der Waals surface area contributed by atoms with Gasteiger partial charge in [0.1, 0.15) is 17.1 Å². The number of unbranched alkanes of at least 4 members (excludes halogenated alkanes) is 3. The number of hydrogen-bond acceptors (Lipinski definition) is 7. The molecule has 214 valence electrons. The first-order valence-corrected chi connectivity index (χ1v) is 14.6. The van der Waals surface area contributed by atoms with E-state index in [1.807, 2.05) is 30.3 Å². The highest BCUT2D eigenvalue weighted by Gasteiger charge is 2.23. The third-order valence-corrected chi connectivity index (χ3v) is 7.09. The van der Waals surface area contributed by atoms with Gasteiger partial charge in [0.05, 0.1) is 12.2 Å². The molecule has 0 amide bonds. The molecular formula is C32H41N3O5. The Hall–Kier alpha value is -3.65. The lowest BCUT2D eigenvalue weighted by Gasteiger charge is -2.21. The number of hydrogen-bond donors (Lipinski definition) is 1. The number of benzene rings is 2. The molecule has 0 aliphatic heterocycles. The summed E-state index contributed by atoms with van der Waals surface area (Å²) in [6.45, 7) is 10.6. The van der Waals surface area contributed by atoms with Crippen LogP contribution in [0.4, 0.5) is 0 Å². The summed E-state index contributed by atoms with van der Waals surface area (Å²) in [7, 11) is 0. The summed E-state index contributed by atoms with van der Waals surface area (Å²) in [6.07, 6.45) is 8.41. The Balaban J connectivity index is 1.44. The Morgan fingerprint density at radius 2 is 1.60 bits per heavy atom. The van der Waals surface area contributed by atoms with Crippen LogP contribution in [0, 0.1) is 0 Å². The van der Waals surface area contributed by atoms with E-state index >= 15 is 0 Å². The van der Waals surface area contributed by atoms with Gasteiger partial charge in [0.2, 0.25) is 5.89 Å². The van der Waals surface area contributed by atoms with Gasteiger partial charge < -0.3 is 18.5 Å². The Morgan fingerprint density at radius 1 is 0.900 bits per heavy atom. The van der Waals surface area contributed by atoms with Gasteiger partial charge in [-0.2, -0.15) is 0 Å². The molecule has 4 rings (SSSR count). The van der Waals surface area contributed by atoms with Gasteiger partial charge >= 0.3 is 5.76 Å². The maximum atomic E-state index is 13.7. The molecule has 0 saturated heterocycles. The second kappa shape index (κ2) is 14.7. The SMILES string of the molecule is CCCCc1oc2cc(-c3n[nH]c(=O)o3)ccc2c1C(=O)c1ccc(OCCCN(CCCC)CCCC)cc1. The van der Waals surface area contributed by atoms with E-state index in [1.165, 1.54) is 25.7 Å². The third kappa shape index (κ3) is 7.50. The van der Waals surface area contributed by atoms with Crippen LogP contribution in [0.2, 0.25) is 0 Å². The number of ether oxygens (including phenoxy) is 1. The van der Waals surface area contributed by atoms with Crippen molar-refractivity contribution in [3.8, 4) is 17.2 Å². The van der Waals surface area contributed by atoms with Gasteiger partial charge in [0.25, 0.3) is 0 Å². The molecule has 0 saturated carbocycles. The molecule has 0 aliphatic carbocycles. The lowest BCUT2D eigenvalue weighted by atomic mass is 9.97. The van der Waals surface area contributed by atoms with Crippen molar-refractivity contribution in [2.75, 3.05) is 26.2 Å². The molecule has 8 heteroatoms. The lowest BCUT2D eigenvalue weighted by molar-refractivity contribution is 0.103. The number of aromatic amines is 1. The second-order valence-electron chi connectivity index (χ2n) is 10.2. The summed E-state index contributed by atoms with van der Waals surface area (Å²) < 4.78 is 17.2. The van der Waals surface area contributed by atoms with E-state index in [1.54, 1.807) is 12.1 Å². The minimum atomic E-state index is -0.623. The Bertz CT molecular complexity index is 1410. The predicted molar refractivity (Wildman–Crippen MR) is 157 cm³/mol. The summed E-state index contributed by atoms with van der Waals surface area (Å²) in [4.78, 5) is 27.6. The van der Waals surface area contributed by atoms with Crippen LogP contribution in [0.25, 0.3) is 22.4 Å². The van der Waals surface area contributed by atoms with Crippen molar-refractivity contribution in [1.29, 1.82) is 0 Å². The second-order valence-corrected chi connectivity index (χ2v) is 10.2. The molecule has 0 unspecified atom stereocenters. The number of carbonyl (C=O) groups is 1. The van der Waals surface area contributed by atoms with Crippen molar-refractivity contribution in [2.45, 2.75) is 72.1 Å². The molecule has 0 atom stereocenters. The molecule has 2 aromatic heterocycles. The normalized spacial score (nSPS) is 11.5. The van der Waals surface area contributed by atoms with Gasteiger partial charge in [-0.25, -0.2) is 9.89 Å². The summed E-state index contributed by atoms with van der Waals surface area (Å²) in [6, 6.07) is 12.7.